The minimum absolute atomic E-state index is 0.0194. The maximum absolute atomic E-state index is 13.5. The predicted octanol–water partition coefficient (Wildman–Crippen LogP) is 5.50. The highest BCUT2D eigenvalue weighted by atomic mass is 79.9. The smallest absolute Gasteiger partial charge is 0.163 e. The van der Waals surface area contributed by atoms with Crippen molar-refractivity contribution in [2.75, 3.05) is 0 Å². The number of hydrogen-bond donors (Lipinski definition) is 1. The van der Waals surface area contributed by atoms with E-state index in [1.54, 1.807) is 0 Å². The van der Waals surface area contributed by atoms with E-state index in [0.29, 0.717) is 5.78 Å². The first-order valence-corrected chi connectivity index (χ1v) is 10.9. The summed E-state index contributed by atoms with van der Waals surface area (Å²) in [5.74, 6) is 2.81. The first-order chi connectivity index (χ1) is 12.3. The fourth-order valence-electron chi connectivity index (χ4n) is 6.72. The van der Waals surface area contributed by atoms with Crippen molar-refractivity contribution in [1.82, 2.24) is 5.32 Å². The van der Waals surface area contributed by atoms with Crippen LogP contribution >= 0.6 is 15.9 Å². The third-order valence-corrected chi connectivity index (χ3v) is 7.80. The van der Waals surface area contributed by atoms with Gasteiger partial charge in [-0.3, -0.25) is 4.79 Å². The Morgan fingerprint density at radius 1 is 1.12 bits per heavy atom. The van der Waals surface area contributed by atoms with Gasteiger partial charge in [-0.2, -0.15) is 0 Å². The Morgan fingerprint density at radius 2 is 1.73 bits per heavy atom. The lowest BCUT2D eigenvalue weighted by Crippen LogP contribution is -2.50. The van der Waals surface area contributed by atoms with E-state index in [-0.39, 0.29) is 11.0 Å². The van der Waals surface area contributed by atoms with Crippen LogP contribution in [0.3, 0.4) is 0 Å². The van der Waals surface area contributed by atoms with E-state index >= 15 is 0 Å². The number of benzene rings is 1. The van der Waals surface area contributed by atoms with E-state index in [4.69, 9.17) is 0 Å². The maximum atomic E-state index is 13.5. The number of carbonyl (C=O) groups excluding carboxylic acids is 1. The summed E-state index contributed by atoms with van der Waals surface area (Å²) in [6.07, 6.45) is 10.5. The number of halogens is 1. The van der Waals surface area contributed by atoms with Crippen LogP contribution in [0.15, 0.2) is 28.7 Å². The van der Waals surface area contributed by atoms with E-state index in [1.165, 1.54) is 30.4 Å². The Kier molecular flexibility index (Phi) is 3.74. The van der Waals surface area contributed by atoms with Crippen LogP contribution < -0.4 is 5.32 Å². The van der Waals surface area contributed by atoms with Crippen LogP contribution in [0.5, 0.6) is 0 Å². The molecule has 26 heavy (non-hydrogen) atoms. The maximum Gasteiger partial charge on any atom is 0.163 e. The van der Waals surface area contributed by atoms with E-state index in [2.05, 4.69) is 53.3 Å². The molecule has 1 heterocycles. The van der Waals surface area contributed by atoms with Crippen LogP contribution in [-0.4, -0.2) is 11.3 Å². The molecule has 1 N–H and O–H groups in total. The summed E-state index contributed by atoms with van der Waals surface area (Å²) in [7, 11) is 0. The molecule has 4 fully saturated rings. The average molecular weight is 414 g/mol. The topological polar surface area (TPSA) is 29.1 Å². The molecule has 6 rings (SSSR count). The summed E-state index contributed by atoms with van der Waals surface area (Å²) in [5.41, 5.74) is 3.47. The molecule has 0 aromatic heterocycles. The molecule has 5 aliphatic rings. The lowest BCUT2D eigenvalue weighted by molar-refractivity contribution is -0.138. The normalized spacial score (nSPS) is 38.1. The number of carbonyl (C=O) groups is 1. The van der Waals surface area contributed by atoms with Gasteiger partial charge in [0, 0.05) is 32.8 Å². The van der Waals surface area contributed by atoms with Crippen molar-refractivity contribution in [3.05, 3.63) is 39.9 Å². The first kappa shape index (κ1) is 17.0. The van der Waals surface area contributed by atoms with Gasteiger partial charge in [-0.1, -0.05) is 22.0 Å². The monoisotopic (exact) mass is 413 g/mol. The predicted molar refractivity (Wildman–Crippen MR) is 109 cm³/mol. The van der Waals surface area contributed by atoms with Gasteiger partial charge in [0.05, 0.1) is 0 Å². The molecule has 1 aliphatic heterocycles. The molecule has 138 valence electrons. The molecule has 0 spiro atoms. The van der Waals surface area contributed by atoms with Crippen LogP contribution in [0.1, 0.15) is 63.5 Å². The summed E-state index contributed by atoms with van der Waals surface area (Å²) in [4.78, 5) is 13.5. The van der Waals surface area contributed by atoms with E-state index < -0.39 is 0 Å². The molecular formula is C23H28BrNO. The van der Waals surface area contributed by atoms with Gasteiger partial charge >= 0.3 is 0 Å². The number of hydrogen-bond acceptors (Lipinski definition) is 2. The van der Waals surface area contributed by atoms with Gasteiger partial charge in [0.25, 0.3) is 0 Å². The fraction of sp³-hybridized carbons (Fsp3) is 0.609. The molecule has 0 radical (unpaired) electrons. The average Bonchev–Trinajstić information content (AvgIpc) is 2.53. The molecule has 2 nitrogen and oxygen atoms in total. The van der Waals surface area contributed by atoms with E-state index in [0.717, 1.165) is 53.6 Å². The van der Waals surface area contributed by atoms with Gasteiger partial charge in [0.15, 0.2) is 5.78 Å². The number of rotatable bonds is 2. The minimum atomic E-state index is -0.0583. The lowest BCUT2D eigenvalue weighted by Gasteiger charge is -2.55. The van der Waals surface area contributed by atoms with Crippen molar-refractivity contribution < 1.29 is 4.79 Å². The lowest BCUT2D eigenvalue weighted by atomic mass is 9.48. The Bertz CT molecular complexity index is 771. The number of allylic oxidation sites excluding steroid dienone is 1. The highest BCUT2D eigenvalue weighted by Gasteiger charge is 2.53. The van der Waals surface area contributed by atoms with Crippen LogP contribution in [0.4, 0.5) is 0 Å². The Balaban J connectivity index is 1.52. The van der Waals surface area contributed by atoms with Gasteiger partial charge in [-0.25, -0.2) is 0 Å². The zero-order chi connectivity index (χ0) is 18.1. The summed E-state index contributed by atoms with van der Waals surface area (Å²) in [6, 6.07) is 6.47. The molecule has 1 aromatic rings. The van der Waals surface area contributed by atoms with Crippen LogP contribution in [0.2, 0.25) is 0 Å². The minimum Gasteiger partial charge on any atom is -0.379 e. The van der Waals surface area contributed by atoms with Gasteiger partial charge < -0.3 is 5.32 Å². The van der Waals surface area contributed by atoms with Crippen molar-refractivity contribution >= 4 is 27.4 Å². The molecule has 4 aliphatic carbocycles. The fourth-order valence-corrected chi connectivity index (χ4v) is 7.08. The zero-order valence-corrected chi connectivity index (χ0v) is 17.4. The van der Waals surface area contributed by atoms with Crippen molar-refractivity contribution in [1.29, 1.82) is 0 Å². The highest BCUT2D eigenvalue weighted by molar-refractivity contribution is 9.10. The van der Waals surface area contributed by atoms with E-state index in [1.807, 2.05) is 6.08 Å². The Hall–Kier alpha value is -1.09. The summed E-state index contributed by atoms with van der Waals surface area (Å²) >= 11 is 3.60. The number of fused-ring (bicyclic) bond motifs is 1. The van der Waals surface area contributed by atoms with Crippen molar-refractivity contribution in [3.63, 3.8) is 0 Å². The second kappa shape index (κ2) is 5.70. The summed E-state index contributed by atoms with van der Waals surface area (Å²) in [5, 5.41) is 3.66. The van der Waals surface area contributed by atoms with Gasteiger partial charge in [0.1, 0.15) is 0 Å². The number of ketones is 1. The quantitative estimate of drug-likeness (QED) is 0.648. The highest BCUT2D eigenvalue weighted by Crippen LogP contribution is 2.60. The first-order valence-electron chi connectivity index (χ1n) is 10.2. The van der Waals surface area contributed by atoms with Crippen LogP contribution in [0, 0.1) is 23.2 Å². The van der Waals surface area contributed by atoms with Crippen molar-refractivity contribution in [3.8, 4) is 0 Å². The molecule has 4 saturated carbocycles. The van der Waals surface area contributed by atoms with Crippen molar-refractivity contribution in [2.45, 2.75) is 64.3 Å². The Morgan fingerprint density at radius 3 is 2.35 bits per heavy atom. The third-order valence-electron chi connectivity index (χ3n) is 7.30. The van der Waals surface area contributed by atoms with Crippen molar-refractivity contribution in [2.24, 2.45) is 23.2 Å². The molecule has 0 atom stereocenters. The second-order valence-corrected chi connectivity index (χ2v) is 11.0. The standard InChI is InChI=1S/C23H28BrNO/c1-22(2)13-17-3-4-18(24)8-19(17)20(25-22)9-21(26)23-10-14-5-15(11-23)7-16(6-14)12-23/h3-4,8-9,14-16,25H,5-7,10-13H2,1-2H3/b20-9+. The van der Waals surface area contributed by atoms with Gasteiger partial charge in [-0.05, 0) is 94.2 Å². The summed E-state index contributed by atoms with van der Waals surface area (Å²) < 4.78 is 1.07. The molecule has 0 unspecified atom stereocenters. The van der Waals surface area contributed by atoms with Crippen LogP contribution in [0.25, 0.3) is 5.70 Å². The molecule has 0 amide bonds. The molecule has 0 saturated heterocycles. The SMILES string of the molecule is CC1(C)Cc2ccc(Br)cc2/C(=C\C(=O)C23CC4CC(CC(C4)C2)C3)N1. The third kappa shape index (κ3) is 2.78. The molecule has 3 heteroatoms. The molecule has 1 aromatic carbocycles. The summed E-state index contributed by atoms with van der Waals surface area (Å²) in [6.45, 7) is 4.45. The van der Waals surface area contributed by atoms with Gasteiger partial charge in [0.2, 0.25) is 0 Å². The largest absolute Gasteiger partial charge is 0.379 e. The number of nitrogens with one attached hydrogen (secondary N) is 1. The van der Waals surface area contributed by atoms with E-state index in [9.17, 15) is 4.79 Å². The van der Waals surface area contributed by atoms with Gasteiger partial charge in [-0.15, -0.1) is 0 Å². The molecule has 4 bridgehead atoms. The second-order valence-electron chi connectivity index (χ2n) is 10.1. The zero-order valence-electron chi connectivity index (χ0n) is 15.8. The Labute approximate surface area is 165 Å². The van der Waals surface area contributed by atoms with Crippen LogP contribution in [-0.2, 0) is 11.2 Å². The molecular weight excluding hydrogens is 386 g/mol.